The van der Waals surface area contributed by atoms with E-state index in [0.717, 1.165) is 42.3 Å². The van der Waals surface area contributed by atoms with Crippen LogP contribution in [0.5, 0.6) is 0 Å². The number of nitrogens with one attached hydrogen (secondary N) is 1. The quantitative estimate of drug-likeness (QED) is 0.506. The summed E-state index contributed by atoms with van der Waals surface area (Å²) in [7, 11) is 0. The number of hydrogen-bond acceptors (Lipinski definition) is 4. The fourth-order valence-corrected chi connectivity index (χ4v) is 4.03. The van der Waals surface area contributed by atoms with Crippen molar-refractivity contribution in [2.45, 2.75) is 44.2 Å². The summed E-state index contributed by atoms with van der Waals surface area (Å²) in [6.07, 6.45) is 4.39. The van der Waals surface area contributed by atoms with E-state index in [2.05, 4.69) is 22.5 Å². The van der Waals surface area contributed by atoms with Gasteiger partial charge in [0.2, 0.25) is 5.89 Å². The van der Waals surface area contributed by atoms with Crippen molar-refractivity contribution >= 4 is 29.5 Å². The van der Waals surface area contributed by atoms with E-state index in [9.17, 15) is 0 Å². The Morgan fingerprint density at radius 1 is 1.00 bits per heavy atom. The average molecular weight is 400 g/mol. The molecule has 0 atom stereocenters. The molecule has 27 heavy (non-hydrogen) atoms. The zero-order valence-corrected chi connectivity index (χ0v) is 16.5. The predicted molar refractivity (Wildman–Crippen MR) is 111 cm³/mol. The summed E-state index contributed by atoms with van der Waals surface area (Å²) in [5, 5.41) is 8.73. The van der Waals surface area contributed by atoms with Crippen LogP contribution in [0.15, 0.2) is 59.0 Å². The second kappa shape index (κ2) is 8.28. The van der Waals surface area contributed by atoms with Gasteiger partial charge in [-0.1, -0.05) is 41.9 Å². The topological polar surface area (TPSA) is 43.0 Å². The molecule has 1 heterocycles. The fraction of sp³-hybridized carbons (Fsp3) is 0.333. The van der Waals surface area contributed by atoms with Gasteiger partial charge in [0.05, 0.1) is 0 Å². The molecule has 4 nitrogen and oxygen atoms in total. The maximum atomic E-state index is 6.00. The van der Waals surface area contributed by atoms with Crippen LogP contribution in [0.3, 0.4) is 0 Å². The zero-order valence-electron chi connectivity index (χ0n) is 15.0. The Morgan fingerprint density at radius 2 is 1.67 bits per heavy atom. The Morgan fingerprint density at radius 3 is 2.37 bits per heavy atom. The Balaban J connectivity index is 1.37. The lowest BCUT2D eigenvalue weighted by molar-refractivity contribution is 0.336. The van der Waals surface area contributed by atoms with E-state index in [1.807, 2.05) is 42.5 Å². The number of aromatic nitrogens is 2. The van der Waals surface area contributed by atoms with Crippen LogP contribution < -0.4 is 5.32 Å². The van der Waals surface area contributed by atoms with Crippen LogP contribution in [0.1, 0.15) is 49.0 Å². The molecule has 0 aliphatic heterocycles. The van der Waals surface area contributed by atoms with Gasteiger partial charge >= 0.3 is 0 Å². The summed E-state index contributed by atoms with van der Waals surface area (Å²) in [4.78, 5) is 0.424. The van der Waals surface area contributed by atoms with Gasteiger partial charge in [-0.15, -0.1) is 5.10 Å². The van der Waals surface area contributed by atoms with Gasteiger partial charge in [-0.25, -0.2) is 4.68 Å². The maximum Gasteiger partial charge on any atom is 0.288 e. The molecule has 6 heteroatoms. The monoisotopic (exact) mass is 399 g/mol. The number of benzene rings is 2. The molecule has 1 aliphatic rings. The van der Waals surface area contributed by atoms with Crippen molar-refractivity contribution in [3.05, 3.63) is 75.9 Å². The first-order valence-corrected chi connectivity index (χ1v) is 10.1. The number of para-hydroxylation sites is 1. The van der Waals surface area contributed by atoms with E-state index < -0.39 is 0 Å². The molecule has 1 N–H and O–H groups in total. The van der Waals surface area contributed by atoms with Gasteiger partial charge in [0.25, 0.3) is 4.84 Å². The molecular weight excluding hydrogens is 378 g/mol. The van der Waals surface area contributed by atoms with Crippen molar-refractivity contribution in [1.29, 1.82) is 0 Å². The van der Waals surface area contributed by atoms with Crippen LogP contribution in [0.2, 0.25) is 5.02 Å². The third kappa shape index (κ3) is 4.42. The standard InChI is InChI=1S/C21H22ClN3OS/c22-18-12-10-16(11-13-18)15-6-8-17(9-7-15)20-24-25(21(27)26-20)14-23-19-4-2-1-3-5-19/h1-5,10-13,15,17,23H,6-9,14H2. The van der Waals surface area contributed by atoms with E-state index in [-0.39, 0.29) is 0 Å². The minimum atomic E-state index is 0.341. The summed E-state index contributed by atoms with van der Waals surface area (Å²) < 4.78 is 7.53. The van der Waals surface area contributed by atoms with Crippen LogP contribution in [-0.2, 0) is 6.67 Å². The van der Waals surface area contributed by atoms with E-state index in [0.29, 0.717) is 23.3 Å². The van der Waals surface area contributed by atoms with Crippen molar-refractivity contribution in [3.8, 4) is 0 Å². The summed E-state index contributed by atoms with van der Waals surface area (Å²) in [6.45, 7) is 0.506. The van der Waals surface area contributed by atoms with Crippen LogP contribution in [-0.4, -0.2) is 9.78 Å². The molecule has 1 saturated carbocycles. The molecule has 0 amide bonds. The number of rotatable bonds is 5. The molecule has 1 fully saturated rings. The highest BCUT2D eigenvalue weighted by molar-refractivity contribution is 7.71. The summed E-state index contributed by atoms with van der Waals surface area (Å²) in [6, 6.07) is 18.2. The van der Waals surface area contributed by atoms with Gasteiger partial charge in [0.1, 0.15) is 6.67 Å². The minimum Gasteiger partial charge on any atom is -0.414 e. The van der Waals surface area contributed by atoms with Crippen LogP contribution in [0.25, 0.3) is 0 Å². The number of nitrogens with zero attached hydrogens (tertiary/aromatic N) is 2. The molecule has 0 bridgehead atoms. The van der Waals surface area contributed by atoms with Crippen molar-refractivity contribution < 1.29 is 4.42 Å². The molecule has 1 aromatic heterocycles. The number of halogens is 1. The third-order valence-electron chi connectivity index (χ3n) is 5.25. The maximum absolute atomic E-state index is 6.00. The molecule has 4 rings (SSSR count). The van der Waals surface area contributed by atoms with Gasteiger partial charge in [-0.2, -0.15) is 0 Å². The highest BCUT2D eigenvalue weighted by atomic mass is 35.5. The fourth-order valence-electron chi connectivity index (χ4n) is 3.72. The molecule has 2 aromatic carbocycles. The van der Waals surface area contributed by atoms with Crippen LogP contribution in [0, 0.1) is 4.84 Å². The summed E-state index contributed by atoms with van der Waals surface area (Å²) >= 11 is 11.3. The Bertz CT molecular complexity index is 928. The Labute approximate surface area is 169 Å². The number of hydrogen-bond donors (Lipinski definition) is 1. The van der Waals surface area contributed by atoms with E-state index in [4.69, 9.17) is 28.2 Å². The number of anilines is 1. The Hall–Kier alpha value is -2.11. The molecule has 1 aliphatic carbocycles. The SMILES string of the molecule is S=c1oc(C2CCC(c3ccc(Cl)cc3)CC2)nn1CNc1ccccc1. The normalized spacial score (nSPS) is 19.7. The first kappa shape index (κ1) is 18.3. The Kier molecular flexibility index (Phi) is 5.60. The van der Waals surface area contributed by atoms with Gasteiger partial charge in [0, 0.05) is 16.6 Å². The molecule has 3 aromatic rings. The van der Waals surface area contributed by atoms with Crippen LogP contribution in [0.4, 0.5) is 5.69 Å². The predicted octanol–water partition coefficient (Wildman–Crippen LogP) is 6.37. The largest absolute Gasteiger partial charge is 0.414 e. The zero-order chi connectivity index (χ0) is 18.6. The van der Waals surface area contributed by atoms with E-state index in [1.165, 1.54) is 5.56 Å². The molecule has 0 radical (unpaired) electrons. The molecule has 0 spiro atoms. The van der Waals surface area contributed by atoms with Crippen molar-refractivity contribution in [2.75, 3.05) is 5.32 Å². The van der Waals surface area contributed by atoms with Crippen molar-refractivity contribution in [1.82, 2.24) is 9.78 Å². The lowest BCUT2D eigenvalue weighted by atomic mass is 9.79. The molecule has 0 unspecified atom stereocenters. The highest BCUT2D eigenvalue weighted by Gasteiger charge is 2.27. The van der Waals surface area contributed by atoms with E-state index in [1.54, 1.807) is 4.68 Å². The second-order valence-electron chi connectivity index (χ2n) is 7.01. The lowest BCUT2D eigenvalue weighted by Crippen LogP contribution is -2.14. The first-order chi connectivity index (χ1) is 13.2. The van der Waals surface area contributed by atoms with Crippen LogP contribution >= 0.6 is 23.8 Å². The third-order valence-corrected chi connectivity index (χ3v) is 5.79. The first-order valence-electron chi connectivity index (χ1n) is 9.31. The molecule has 140 valence electrons. The highest BCUT2D eigenvalue weighted by Crippen LogP contribution is 2.40. The minimum absolute atomic E-state index is 0.341. The summed E-state index contributed by atoms with van der Waals surface area (Å²) in [5.74, 6) is 1.70. The van der Waals surface area contributed by atoms with Crippen molar-refractivity contribution in [3.63, 3.8) is 0 Å². The smallest absolute Gasteiger partial charge is 0.288 e. The van der Waals surface area contributed by atoms with Gasteiger partial charge < -0.3 is 9.73 Å². The van der Waals surface area contributed by atoms with E-state index >= 15 is 0 Å². The van der Waals surface area contributed by atoms with Gasteiger partial charge in [-0.3, -0.25) is 0 Å². The second-order valence-corrected chi connectivity index (χ2v) is 7.79. The summed E-state index contributed by atoms with van der Waals surface area (Å²) in [5.41, 5.74) is 2.41. The van der Waals surface area contributed by atoms with Gasteiger partial charge in [-0.05, 0) is 73.6 Å². The lowest BCUT2D eigenvalue weighted by Gasteiger charge is -2.26. The molecule has 0 saturated heterocycles. The van der Waals surface area contributed by atoms with Gasteiger partial charge in [0.15, 0.2) is 0 Å². The van der Waals surface area contributed by atoms with Crippen molar-refractivity contribution in [2.24, 2.45) is 0 Å². The molecular formula is C21H22ClN3OS. The average Bonchev–Trinajstić information content (AvgIpc) is 3.09.